The van der Waals surface area contributed by atoms with E-state index in [9.17, 15) is 14.4 Å². The number of imide groups is 1. The lowest BCUT2D eigenvalue weighted by atomic mass is 10.3. The van der Waals surface area contributed by atoms with Crippen LogP contribution in [0.3, 0.4) is 0 Å². The minimum absolute atomic E-state index is 0.107. The van der Waals surface area contributed by atoms with Gasteiger partial charge in [-0.3, -0.25) is 19.3 Å². The van der Waals surface area contributed by atoms with Crippen LogP contribution in [0.4, 0.5) is 0 Å². The average Bonchev–Trinajstić information content (AvgIpc) is 2.56. The van der Waals surface area contributed by atoms with Gasteiger partial charge in [-0.25, -0.2) is 0 Å². The van der Waals surface area contributed by atoms with Crippen molar-refractivity contribution in [1.29, 1.82) is 0 Å². The number of nitrogens with zero attached hydrogens (tertiary/aromatic N) is 1. The summed E-state index contributed by atoms with van der Waals surface area (Å²) in [5.74, 6) is -0.944. The van der Waals surface area contributed by atoms with Gasteiger partial charge in [0.15, 0.2) is 0 Å². The molecule has 0 saturated heterocycles. The van der Waals surface area contributed by atoms with E-state index >= 15 is 0 Å². The number of carbonyl (C=O) groups is 3. The fourth-order valence-corrected chi connectivity index (χ4v) is 1.37. The van der Waals surface area contributed by atoms with E-state index in [-0.39, 0.29) is 36.1 Å². The van der Waals surface area contributed by atoms with Gasteiger partial charge >= 0.3 is 0 Å². The van der Waals surface area contributed by atoms with Crippen molar-refractivity contribution in [1.82, 2.24) is 10.2 Å². The van der Waals surface area contributed by atoms with Crippen molar-refractivity contribution >= 4 is 30.4 Å². The van der Waals surface area contributed by atoms with Crippen molar-refractivity contribution in [2.75, 3.05) is 6.54 Å². The summed E-state index contributed by atoms with van der Waals surface area (Å²) in [5.41, 5.74) is 0. The maximum atomic E-state index is 11.4. The molecule has 0 aromatic rings. The molecule has 3 amide bonds. The van der Waals surface area contributed by atoms with E-state index in [0.717, 1.165) is 11.3 Å². The lowest BCUT2D eigenvalue weighted by molar-refractivity contribution is -0.137. The second-order valence-electron chi connectivity index (χ2n) is 3.40. The van der Waals surface area contributed by atoms with Crippen molar-refractivity contribution in [3.63, 3.8) is 0 Å². The normalized spacial score (nSPS) is 16.8. The molecule has 0 fully saturated rings. The van der Waals surface area contributed by atoms with Crippen molar-refractivity contribution in [2.24, 2.45) is 0 Å². The van der Waals surface area contributed by atoms with E-state index < -0.39 is 0 Å². The quantitative estimate of drug-likeness (QED) is 0.408. The SMILES string of the molecule is CCC(S)NC(=O)CCN1C(=O)C=CC1=O. The van der Waals surface area contributed by atoms with Crippen molar-refractivity contribution in [3.8, 4) is 0 Å². The number of hydrogen-bond donors (Lipinski definition) is 2. The Morgan fingerprint density at radius 1 is 1.44 bits per heavy atom. The van der Waals surface area contributed by atoms with Crippen LogP contribution in [0.2, 0.25) is 0 Å². The first-order valence-corrected chi connectivity index (χ1v) is 5.57. The maximum absolute atomic E-state index is 11.4. The number of nitrogens with one attached hydrogen (secondary N) is 1. The second-order valence-corrected chi connectivity index (χ2v) is 4.03. The molecule has 1 N–H and O–H groups in total. The molecule has 1 aliphatic rings. The van der Waals surface area contributed by atoms with Crippen LogP contribution in [0.5, 0.6) is 0 Å². The third-order valence-corrected chi connectivity index (χ3v) is 2.67. The highest BCUT2D eigenvalue weighted by Crippen LogP contribution is 2.04. The van der Waals surface area contributed by atoms with E-state index in [4.69, 9.17) is 0 Å². The van der Waals surface area contributed by atoms with Crippen LogP contribution in [0.1, 0.15) is 19.8 Å². The topological polar surface area (TPSA) is 66.5 Å². The van der Waals surface area contributed by atoms with Gasteiger partial charge in [0.05, 0.1) is 5.37 Å². The lowest BCUT2D eigenvalue weighted by Crippen LogP contribution is -2.36. The molecule has 1 aliphatic heterocycles. The summed E-state index contributed by atoms with van der Waals surface area (Å²) in [6, 6.07) is 0. The lowest BCUT2D eigenvalue weighted by Gasteiger charge is -2.14. The molecule has 88 valence electrons. The van der Waals surface area contributed by atoms with Crippen LogP contribution in [-0.4, -0.2) is 34.5 Å². The summed E-state index contributed by atoms with van der Waals surface area (Å²) < 4.78 is 0. The van der Waals surface area contributed by atoms with E-state index in [1.807, 2.05) is 6.92 Å². The molecule has 0 aliphatic carbocycles. The Bertz CT molecular complexity index is 323. The Labute approximate surface area is 99.3 Å². The Kier molecular flexibility index (Phi) is 4.54. The monoisotopic (exact) mass is 242 g/mol. The minimum atomic E-state index is -0.365. The molecule has 16 heavy (non-hydrogen) atoms. The molecule has 1 unspecified atom stereocenters. The molecule has 0 saturated carbocycles. The van der Waals surface area contributed by atoms with Crippen molar-refractivity contribution in [2.45, 2.75) is 25.1 Å². The molecule has 1 atom stereocenters. The van der Waals surface area contributed by atoms with Crippen LogP contribution in [0.25, 0.3) is 0 Å². The summed E-state index contributed by atoms with van der Waals surface area (Å²) in [4.78, 5) is 34.7. The average molecular weight is 242 g/mol. The van der Waals surface area contributed by atoms with Crippen molar-refractivity contribution in [3.05, 3.63) is 12.2 Å². The predicted octanol–water partition coefficient (Wildman–Crippen LogP) is 0.0836. The van der Waals surface area contributed by atoms with Crippen LogP contribution in [-0.2, 0) is 14.4 Å². The number of carbonyl (C=O) groups excluding carboxylic acids is 3. The molecule has 1 rings (SSSR count). The molecule has 5 nitrogen and oxygen atoms in total. The zero-order valence-corrected chi connectivity index (χ0v) is 9.87. The standard InChI is InChI=1S/C10H14N2O3S/c1-2-8(16)11-7(13)5-6-12-9(14)3-4-10(12)15/h3-4,8,16H,2,5-6H2,1H3,(H,11,13). The zero-order valence-electron chi connectivity index (χ0n) is 8.97. The Morgan fingerprint density at radius 2 is 2.00 bits per heavy atom. The van der Waals surface area contributed by atoms with Crippen LogP contribution < -0.4 is 5.32 Å². The van der Waals surface area contributed by atoms with Gasteiger partial charge in [0.25, 0.3) is 11.8 Å². The molecule has 0 spiro atoms. The van der Waals surface area contributed by atoms with E-state index in [2.05, 4.69) is 17.9 Å². The first kappa shape index (κ1) is 12.8. The molecule has 6 heteroatoms. The number of thiol groups is 1. The van der Waals surface area contributed by atoms with Crippen molar-refractivity contribution < 1.29 is 14.4 Å². The predicted molar refractivity (Wildman–Crippen MR) is 61.7 cm³/mol. The molecular formula is C10H14N2O3S. The Balaban J connectivity index is 2.32. The molecule has 0 radical (unpaired) electrons. The van der Waals surface area contributed by atoms with Crippen LogP contribution >= 0.6 is 12.6 Å². The third kappa shape index (κ3) is 3.37. The summed E-state index contributed by atoms with van der Waals surface area (Å²) >= 11 is 4.12. The second kappa shape index (κ2) is 5.69. The summed E-state index contributed by atoms with van der Waals surface area (Å²) in [7, 11) is 0. The van der Waals surface area contributed by atoms with Gasteiger partial charge in [0.1, 0.15) is 0 Å². The molecule has 0 aromatic carbocycles. The molecule has 0 bridgehead atoms. The van der Waals surface area contributed by atoms with Crippen LogP contribution in [0, 0.1) is 0 Å². The van der Waals surface area contributed by atoms with Gasteiger partial charge in [-0.2, -0.15) is 12.6 Å². The molecule has 1 heterocycles. The van der Waals surface area contributed by atoms with E-state index in [1.54, 1.807) is 0 Å². The van der Waals surface area contributed by atoms with Gasteiger partial charge < -0.3 is 5.32 Å². The molecule has 0 aromatic heterocycles. The highest BCUT2D eigenvalue weighted by molar-refractivity contribution is 7.80. The largest absolute Gasteiger partial charge is 0.345 e. The Hall–Kier alpha value is -1.30. The first-order valence-electron chi connectivity index (χ1n) is 5.05. The summed E-state index contributed by atoms with van der Waals surface area (Å²) in [6.07, 6.45) is 3.23. The van der Waals surface area contributed by atoms with Gasteiger partial charge in [0.2, 0.25) is 5.91 Å². The van der Waals surface area contributed by atoms with Gasteiger partial charge in [0, 0.05) is 25.1 Å². The van der Waals surface area contributed by atoms with Gasteiger partial charge in [-0.05, 0) is 6.42 Å². The number of amides is 3. The highest BCUT2D eigenvalue weighted by atomic mass is 32.1. The summed E-state index contributed by atoms with van der Waals surface area (Å²) in [6.45, 7) is 2.01. The minimum Gasteiger partial charge on any atom is -0.345 e. The number of rotatable bonds is 5. The fraction of sp³-hybridized carbons (Fsp3) is 0.500. The maximum Gasteiger partial charge on any atom is 0.253 e. The van der Waals surface area contributed by atoms with E-state index in [0.29, 0.717) is 0 Å². The highest BCUT2D eigenvalue weighted by Gasteiger charge is 2.23. The van der Waals surface area contributed by atoms with Gasteiger partial charge in [-0.1, -0.05) is 6.92 Å². The Morgan fingerprint density at radius 3 is 2.50 bits per heavy atom. The van der Waals surface area contributed by atoms with E-state index in [1.165, 1.54) is 12.2 Å². The molecular weight excluding hydrogens is 228 g/mol. The van der Waals surface area contributed by atoms with Gasteiger partial charge in [-0.15, -0.1) is 0 Å². The fourth-order valence-electron chi connectivity index (χ4n) is 1.22. The smallest absolute Gasteiger partial charge is 0.253 e. The zero-order chi connectivity index (χ0) is 12.1. The third-order valence-electron chi connectivity index (χ3n) is 2.18. The summed E-state index contributed by atoms with van der Waals surface area (Å²) in [5, 5.41) is 2.45. The first-order chi connectivity index (χ1) is 7.54. The number of hydrogen-bond acceptors (Lipinski definition) is 4. The van der Waals surface area contributed by atoms with Crippen LogP contribution in [0.15, 0.2) is 12.2 Å².